The molecule has 1 unspecified atom stereocenters. The number of nitrogens with zero attached hydrogens (tertiary/aromatic N) is 1. The Labute approximate surface area is 96.9 Å². The number of esters is 1. The van der Waals surface area contributed by atoms with Crippen molar-refractivity contribution in [2.24, 2.45) is 11.3 Å². The fourth-order valence-electron chi connectivity index (χ4n) is 1.86. The van der Waals surface area contributed by atoms with E-state index in [2.05, 4.69) is 18.6 Å². The van der Waals surface area contributed by atoms with Gasteiger partial charge in [-0.25, -0.2) is 0 Å². The summed E-state index contributed by atoms with van der Waals surface area (Å²) in [5.41, 5.74) is 0.149. The predicted molar refractivity (Wildman–Crippen MR) is 60.8 cm³/mol. The first kappa shape index (κ1) is 13.0. The lowest BCUT2D eigenvalue weighted by Gasteiger charge is -2.21. The molecule has 1 aliphatic carbocycles. The maximum Gasteiger partial charge on any atom is 0.307 e. The summed E-state index contributed by atoms with van der Waals surface area (Å²) in [7, 11) is 1.37. The molecule has 4 heteroatoms. The third-order valence-corrected chi connectivity index (χ3v) is 3.32. The average Bonchev–Trinajstić information content (AvgIpc) is 2.87. The number of hydrogen-bond acceptors (Lipinski definition) is 3. The van der Waals surface area contributed by atoms with Crippen LogP contribution < -0.4 is 0 Å². The number of hydrogen-bond donors (Lipinski definition) is 0. The van der Waals surface area contributed by atoms with Gasteiger partial charge in [0.25, 0.3) is 0 Å². The average molecular weight is 227 g/mol. The molecule has 16 heavy (non-hydrogen) atoms. The molecular formula is C12H21NO3. The standard InChI is InChI=1S/C12H21NO3/c1-5-13(7-6-10(14)16-4)11(15)9-8-12(9,2)3/h9H,5-8H2,1-4H3. The lowest BCUT2D eigenvalue weighted by molar-refractivity contribution is -0.142. The van der Waals surface area contributed by atoms with E-state index in [4.69, 9.17) is 0 Å². The summed E-state index contributed by atoms with van der Waals surface area (Å²) in [6, 6.07) is 0. The molecule has 0 N–H and O–H groups in total. The van der Waals surface area contributed by atoms with Crippen LogP contribution in [-0.2, 0) is 14.3 Å². The van der Waals surface area contributed by atoms with E-state index in [0.29, 0.717) is 13.1 Å². The molecule has 0 aromatic rings. The fourth-order valence-corrected chi connectivity index (χ4v) is 1.86. The number of rotatable bonds is 5. The molecule has 0 aromatic heterocycles. The van der Waals surface area contributed by atoms with Crippen molar-refractivity contribution in [2.75, 3.05) is 20.2 Å². The Kier molecular flexibility index (Phi) is 3.94. The first-order valence-corrected chi connectivity index (χ1v) is 5.78. The topological polar surface area (TPSA) is 46.6 Å². The van der Waals surface area contributed by atoms with Gasteiger partial charge in [-0.15, -0.1) is 0 Å². The monoisotopic (exact) mass is 227 g/mol. The van der Waals surface area contributed by atoms with Gasteiger partial charge >= 0.3 is 5.97 Å². The third kappa shape index (κ3) is 2.97. The number of methoxy groups -OCH3 is 1. The Morgan fingerprint density at radius 1 is 1.44 bits per heavy atom. The van der Waals surface area contributed by atoms with E-state index in [9.17, 15) is 9.59 Å². The molecule has 1 aliphatic rings. The van der Waals surface area contributed by atoms with Gasteiger partial charge in [0.1, 0.15) is 0 Å². The quantitative estimate of drug-likeness (QED) is 0.668. The van der Waals surface area contributed by atoms with Gasteiger partial charge in [0.05, 0.1) is 13.5 Å². The summed E-state index contributed by atoms with van der Waals surface area (Å²) in [5, 5.41) is 0. The Morgan fingerprint density at radius 2 is 2.00 bits per heavy atom. The highest BCUT2D eigenvalue weighted by molar-refractivity contribution is 5.83. The van der Waals surface area contributed by atoms with E-state index in [1.807, 2.05) is 6.92 Å². The molecule has 92 valence electrons. The smallest absolute Gasteiger partial charge is 0.307 e. The molecule has 1 fully saturated rings. The highest BCUT2D eigenvalue weighted by Crippen LogP contribution is 2.52. The zero-order valence-electron chi connectivity index (χ0n) is 10.6. The summed E-state index contributed by atoms with van der Waals surface area (Å²) in [4.78, 5) is 24.8. The van der Waals surface area contributed by atoms with Crippen LogP contribution in [-0.4, -0.2) is 37.0 Å². The Bertz CT molecular complexity index is 286. The number of amides is 1. The molecule has 1 rings (SSSR count). The van der Waals surface area contributed by atoms with Gasteiger partial charge in [-0.1, -0.05) is 13.8 Å². The zero-order chi connectivity index (χ0) is 12.3. The van der Waals surface area contributed by atoms with Gasteiger partial charge in [0, 0.05) is 19.0 Å². The minimum atomic E-state index is -0.263. The maximum absolute atomic E-state index is 12.0. The third-order valence-electron chi connectivity index (χ3n) is 3.32. The summed E-state index contributed by atoms with van der Waals surface area (Å²) < 4.78 is 4.56. The summed E-state index contributed by atoms with van der Waals surface area (Å²) in [6.45, 7) is 7.26. The van der Waals surface area contributed by atoms with Crippen LogP contribution in [0.2, 0.25) is 0 Å². The molecular weight excluding hydrogens is 206 g/mol. The first-order valence-electron chi connectivity index (χ1n) is 5.78. The van der Waals surface area contributed by atoms with Gasteiger partial charge in [0.15, 0.2) is 0 Å². The van der Waals surface area contributed by atoms with Crippen molar-refractivity contribution in [1.82, 2.24) is 4.90 Å². The molecule has 4 nitrogen and oxygen atoms in total. The van der Waals surface area contributed by atoms with Crippen molar-refractivity contribution in [3.8, 4) is 0 Å². The van der Waals surface area contributed by atoms with Crippen LogP contribution in [0.15, 0.2) is 0 Å². The lowest BCUT2D eigenvalue weighted by atomic mass is 10.1. The van der Waals surface area contributed by atoms with Crippen LogP contribution in [0.1, 0.15) is 33.6 Å². The normalized spacial score (nSPS) is 21.4. The van der Waals surface area contributed by atoms with Crippen molar-refractivity contribution in [1.29, 1.82) is 0 Å². The van der Waals surface area contributed by atoms with Gasteiger partial charge in [-0.05, 0) is 18.8 Å². The lowest BCUT2D eigenvalue weighted by Crippen LogP contribution is -2.35. The van der Waals surface area contributed by atoms with Crippen LogP contribution >= 0.6 is 0 Å². The molecule has 0 bridgehead atoms. The van der Waals surface area contributed by atoms with Crippen molar-refractivity contribution in [3.05, 3.63) is 0 Å². The molecule has 0 radical (unpaired) electrons. The van der Waals surface area contributed by atoms with Crippen molar-refractivity contribution < 1.29 is 14.3 Å². The maximum atomic E-state index is 12.0. The highest BCUT2D eigenvalue weighted by atomic mass is 16.5. The van der Waals surface area contributed by atoms with Gasteiger partial charge in [-0.3, -0.25) is 9.59 Å². The molecule has 1 atom stereocenters. The second-order valence-electron chi connectivity index (χ2n) is 4.99. The molecule has 0 aliphatic heterocycles. The molecule has 0 aromatic carbocycles. The SMILES string of the molecule is CCN(CCC(=O)OC)C(=O)C1CC1(C)C. The largest absolute Gasteiger partial charge is 0.469 e. The molecule has 1 saturated carbocycles. The van der Waals surface area contributed by atoms with Gasteiger partial charge < -0.3 is 9.64 Å². The molecule has 0 heterocycles. The molecule has 0 saturated heterocycles. The highest BCUT2D eigenvalue weighted by Gasteiger charge is 2.51. The number of carbonyl (C=O) groups is 2. The second kappa shape index (κ2) is 4.85. The minimum Gasteiger partial charge on any atom is -0.469 e. The Balaban J connectivity index is 2.42. The Morgan fingerprint density at radius 3 is 2.38 bits per heavy atom. The minimum absolute atomic E-state index is 0.144. The van der Waals surface area contributed by atoms with Crippen LogP contribution in [0.5, 0.6) is 0 Å². The van der Waals surface area contributed by atoms with E-state index >= 15 is 0 Å². The fraction of sp³-hybridized carbons (Fsp3) is 0.833. The second-order valence-corrected chi connectivity index (χ2v) is 4.99. The van der Waals surface area contributed by atoms with E-state index in [1.54, 1.807) is 4.90 Å². The Hall–Kier alpha value is -1.06. The summed E-state index contributed by atoms with van der Waals surface area (Å²) >= 11 is 0. The van der Waals surface area contributed by atoms with Crippen molar-refractivity contribution >= 4 is 11.9 Å². The van der Waals surface area contributed by atoms with E-state index in [1.165, 1.54) is 7.11 Å². The molecule has 1 amide bonds. The van der Waals surface area contributed by atoms with Crippen molar-refractivity contribution in [2.45, 2.75) is 33.6 Å². The van der Waals surface area contributed by atoms with Gasteiger partial charge in [-0.2, -0.15) is 0 Å². The zero-order valence-corrected chi connectivity index (χ0v) is 10.6. The molecule has 0 spiro atoms. The predicted octanol–water partition coefficient (Wildman–Crippen LogP) is 1.44. The van der Waals surface area contributed by atoms with Gasteiger partial charge in [0.2, 0.25) is 5.91 Å². The van der Waals surface area contributed by atoms with Crippen molar-refractivity contribution in [3.63, 3.8) is 0 Å². The van der Waals surface area contributed by atoms with Crippen LogP contribution in [0.25, 0.3) is 0 Å². The van der Waals surface area contributed by atoms with E-state index in [0.717, 1.165) is 6.42 Å². The first-order chi connectivity index (χ1) is 7.42. The number of carbonyl (C=O) groups excluding carboxylic acids is 2. The van der Waals surface area contributed by atoms with E-state index in [-0.39, 0.29) is 29.6 Å². The summed E-state index contributed by atoms with van der Waals surface area (Å²) in [5.74, 6) is 0.0582. The summed E-state index contributed by atoms with van der Waals surface area (Å²) in [6.07, 6.45) is 1.24. The van der Waals surface area contributed by atoms with E-state index < -0.39 is 0 Å². The number of ether oxygens (including phenoxy) is 1. The van der Waals surface area contributed by atoms with Crippen LogP contribution in [0.4, 0.5) is 0 Å². The van der Waals surface area contributed by atoms with Crippen LogP contribution in [0, 0.1) is 11.3 Å². The van der Waals surface area contributed by atoms with Crippen LogP contribution in [0.3, 0.4) is 0 Å².